The minimum Gasteiger partial charge on any atom is -0.508 e. The molecule has 0 rings (SSSR count). The van der Waals surface area contributed by atoms with Gasteiger partial charge in [0.2, 0.25) is 0 Å². The molecule has 0 fully saturated rings. The largest absolute Gasteiger partial charge is 0.508 e. The van der Waals surface area contributed by atoms with Gasteiger partial charge in [0.05, 0.1) is 0 Å². The first-order chi connectivity index (χ1) is 5.76. The van der Waals surface area contributed by atoms with Gasteiger partial charge in [0.15, 0.2) is 0 Å². The highest BCUT2D eigenvalue weighted by molar-refractivity contribution is 5.81. The lowest BCUT2D eigenvalue weighted by molar-refractivity contribution is 0.427. The summed E-state index contributed by atoms with van der Waals surface area (Å²) in [5, 5.41) is 15.9. The lowest BCUT2D eigenvalue weighted by atomic mass is 10.2. The molecule has 0 aliphatic heterocycles. The Hall–Kier alpha value is -1.31. The summed E-state index contributed by atoms with van der Waals surface area (Å²) in [5.41, 5.74) is 0.470. The minimum atomic E-state index is 0.106. The van der Waals surface area contributed by atoms with E-state index in [1.807, 2.05) is 13.8 Å². The molecule has 0 heterocycles. The van der Waals surface area contributed by atoms with E-state index in [-0.39, 0.29) is 5.76 Å². The van der Waals surface area contributed by atoms with E-state index in [9.17, 15) is 0 Å². The zero-order chi connectivity index (χ0) is 9.98. The maximum Gasteiger partial charge on any atom is 0.120 e. The fourth-order valence-electron chi connectivity index (χ4n) is 0.501. The van der Waals surface area contributed by atoms with Gasteiger partial charge in [0, 0.05) is 11.8 Å². The highest BCUT2D eigenvalue weighted by Crippen LogP contribution is 2.02. The van der Waals surface area contributed by atoms with Gasteiger partial charge >= 0.3 is 0 Å². The molecule has 0 atom stereocenters. The van der Waals surface area contributed by atoms with Gasteiger partial charge in [-0.3, -0.25) is 0 Å². The van der Waals surface area contributed by atoms with Crippen molar-refractivity contribution in [1.82, 2.24) is 0 Å². The fraction of sp³-hybridized carbons (Fsp3) is 0.300. The Labute approximate surface area is 74.4 Å². The molecular weight excluding hydrogens is 150 g/mol. The molecule has 12 heavy (non-hydrogen) atoms. The number of aliphatic hydroxyl groups is 1. The molecule has 2 heteroatoms. The summed E-state index contributed by atoms with van der Waals surface area (Å²) in [5.74, 6) is 0.106. The Balaban J connectivity index is 0. The van der Waals surface area contributed by atoms with E-state index >= 15 is 0 Å². The quantitative estimate of drug-likeness (QED) is 0.378. The maximum absolute atomic E-state index is 9.04. The third-order valence-corrected chi connectivity index (χ3v) is 1.02. The lowest BCUT2D eigenvalue weighted by Gasteiger charge is -1.95. The summed E-state index contributed by atoms with van der Waals surface area (Å²) in [7, 11) is 0. The SMILES string of the molecule is C=C/C=C(C=N)\C(O)=C/C.CC. The molecule has 0 bridgehead atoms. The van der Waals surface area contributed by atoms with E-state index in [2.05, 4.69) is 6.58 Å². The van der Waals surface area contributed by atoms with Crippen molar-refractivity contribution in [2.24, 2.45) is 0 Å². The molecule has 0 aliphatic carbocycles. The number of nitrogens with one attached hydrogen (secondary N) is 1. The second-order valence-electron chi connectivity index (χ2n) is 1.68. The van der Waals surface area contributed by atoms with Crippen LogP contribution in [0.4, 0.5) is 0 Å². The van der Waals surface area contributed by atoms with Crippen LogP contribution in [-0.4, -0.2) is 11.3 Å². The number of aliphatic hydroxyl groups excluding tert-OH is 1. The van der Waals surface area contributed by atoms with Crippen LogP contribution in [0.25, 0.3) is 0 Å². The van der Waals surface area contributed by atoms with E-state index in [1.54, 1.807) is 13.0 Å². The van der Waals surface area contributed by atoms with Crippen LogP contribution >= 0.6 is 0 Å². The summed E-state index contributed by atoms with van der Waals surface area (Å²) in [6.07, 6.45) is 5.71. The second kappa shape index (κ2) is 9.69. The third-order valence-electron chi connectivity index (χ3n) is 1.02. The molecule has 0 amide bonds. The highest BCUT2D eigenvalue weighted by atomic mass is 16.3. The van der Waals surface area contributed by atoms with E-state index in [0.29, 0.717) is 5.57 Å². The van der Waals surface area contributed by atoms with Crippen molar-refractivity contribution in [3.8, 4) is 0 Å². The molecule has 68 valence electrons. The molecule has 0 radical (unpaired) electrons. The van der Waals surface area contributed by atoms with Crippen LogP contribution in [0.1, 0.15) is 20.8 Å². The zero-order valence-corrected chi connectivity index (χ0v) is 7.96. The highest BCUT2D eigenvalue weighted by Gasteiger charge is 1.93. The van der Waals surface area contributed by atoms with Gasteiger partial charge in [-0.2, -0.15) is 0 Å². The predicted octanol–water partition coefficient (Wildman–Crippen LogP) is 3.24. The molecular formula is C10H17NO. The Bertz CT molecular complexity index is 190. The molecule has 2 N–H and O–H groups in total. The van der Waals surface area contributed by atoms with Crippen LogP contribution in [0.15, 0.2) is 36.1 Å². The molecule has 0 spiro atoms. The first-order valence-electron chi connectivity index (χ1n) is 3.95. The zero-order valence-electron chi connectivity index (χ0n) is 7.96. The van der Waals surface area contributed by atoms with E-state index < -0.39 is 0 Å². The van der Waals surface area contributed by atoms with Gasteiger partial charge in [0.25, 0.3) is 0 Å². The van der Waals surface area contributed by atoms with Crippen molar-refractivity contribution in [1.29, 1.82) is 5.41 Å². The van der Waals surface area contributed by atoms with Crippen molar-refractivity contribution in [3.63, 3.8) is 0 Å². The van der Waals surface area contributed by atoms with Crippen LogP contribution in [0, 0.1) is 5.41 Å². The van der Waals surface area contributed by atoms with Crippen LogP contribution in [0.5, 0.6) is 0 Å². The number of hydrogen-bond donors (Lipinski definition) is 2. The number of allylic oxidation sites excluding steroid dienone is 4. The van der Waals surface area contributed by atoms with Crippen LogP contribution < -0.4 is 0 Å². The Morgan fingerprint density at radius 1 is 1.42 bits per heavy atom. The van der Waals surface area contributed by atoms with Gasteiger partial charge in [-0.1, -0.05) is 32.6 Å². The van der Waals surface area contributed by atoms with Crippen molar-refractivity contribution < 1.29 is 5.11 Å². The smallest absolute Gasteiger partial charge is 0.120 e. The van der Waals surface area contributed by atoms with E-state index in [1.165, 1.54) is 12.2 Å². The normalized spacial score (nSPS) is 11.2. The number of hydrogen-bond acceptors (Lipinski definition) is 2. The molecule has 0 aromatic rings. The van der Waals surface area contributed by atoms with Crippen molar-refractivity contribution >= 4 is 6.21 Å². The summed E-state index contributed by atoms with van der Waals surface area (Å²) in [6.45, 7) is 9.15. The number of rotatable bonds is 3. The summed E-state index contributed by atoms with van der Waals surface area (Å²) in [4.78, 5) is 0. The van der Waals surface area contributed by atoms with E-state index in [4.69, 9.17) is 10.5 Å². The molecule has 0 aromatic carbocycles. The van der Waals surface area contributed by atoms with E-state index in [0.717, 1.165) is 6.21 Å². The molecule has 0 aliphatic rings. The first kappa shape index (κ1) is 13.3. The minimum absolute atomic E-state index is 0.106. The predicted molar refractivity (Wildman–Crippen MR) is 54.8 cm³/mol. The topological polar surface area (TPSA) is 44.1 Å². The van der Waals surface area contributed by atoms with Crippen LogP contribution in [-0.2, 0) is 0 Å². The van der Waals surface area contributed by atoms with Crippen LogP contribution in [0.3, 0.4) is 0 Å². The summed E-state index contributed by atoms with van der Waals surface area (Å²) >= 11 is 0. The van der Waals surface area contributed by atoms with Gasteiger partial charge in [0.1, 0.15) is 5.76 Å². The lowest BCUT2D eigenvalue weighted by Crippen LogP contribution is -1.87. The van der Waals surface area contributed by atoms with Gasteiger partial charge in [-0.25, -0.2) is 0 Å². The van der Waals surface area contributed by atoms with Crippen molar-refractivity contribution in [2.75, 3.05) is 0 Å². The first-order valence-corrected chi connectivity index (χ1v) is 3.95. The average molecular weight is 167 g/mol. The average Bonchev–Trinajstić information content (AvgIpc) is 2.16. The Kier molecular flexibility index (Phi) is 10.7. The Morgan fingerprint density at radius 2 is 1.92 bits per heavy atom. The fourth-order valence-corrected chi connectivity index (χ4v) is 0.501. The summed E-state index contributed by atoms with van der Waals surface area (Å²) in [6, 6.07) is 0. The molecule has 0 saturated carbocycles. The summed E-state index contributed by atoms with van der Waals surface area (Å²) < 4.78 is 0. The Morgan fingerprint density at radius 3 is 2.17 bits per heavy atom. The van der Waals surface area contributed by atoms with Gasteiger partial charge < -0.3 is 10.5 Å². The molecule has 0 aromatic heterocycles. The van der Waals surface area contributed by atoms with Crippen molar-refractivity contribution in [2.45, 2.75) is 20.8 Å². The van der Waals surface area contributed by atoms with Gasteiger partial charge in [-0.15, -0.1) is 0 Å². The van der Waals surface area contributed by atoms with Gasteiger partial charge in [-0.05, 0) is 13.0 Å². The third kappa shape index (κ3) is 5.47. The molecule has 2 nitrogen and oxygen atoms in total. The molecule has 0 unspecified atom stereocenters. The maximum atomic E-state index is 9.04. The standard InChI is InChI=1S/C8H11NO.C2H6/c1-3-5-7(6-9)8(10)4-2;1-2/h3-6,9-10H,1H2,2H3;1-2H3/b7-5-,8-4+,9-6?;. The second-order valence-corrected chi connectivity index (χ2v) is 1.68. The van der Waals surface area contributed by atoms with Crippen LogP contribution in [0.2, 0.25) is 0 Å². The van der Waals surface area contributed by atoms with Crippen molar-refractivity contribution in [3.05, 3.63) is 36.1 Å². The molecule has 0 saturated heterocycles. The monoisotopic (exact) mass is 167 g/mol.